The van der Waals surface area contributed by atoms with Crippen LogP contribution in [0.15, 0.2) is 16.7 Å². The monoisotopic (exact) mass is 323 g/mol. The second-order valence-corrected chi connectivity index (χ2v) is 5.44. The molecule has 0 aromatic carbocycles. The van der Waals surface area contributed by atoms with Gasteiger partial charge in [0.25, 0.3) is 0 Å². The first-order valence-corrected chi connectivity index (χ1v) is 6.37. The first kappa shape index (κ1) is 13.6. The molecule has 0 spiro atoms. The summed E-state index contributed by atoms with van der Waals surface area (Å²) in [7, 11) is 0. The van der Waals surface area contributed by atoms with Crippen LogP contribution < -0.4 is 11.1 Å². The fraction of sp³-hybridized carbons (Fsp3) is 0.545. The van der Waals surface area contributed by atoms with Gasteiger partial charge in [0.05, 0.1) is 5.56 Å². The highest BCUT2D eigenvalue weighted by molar-refractivity contribution is 9.10. The van der Waals surface area contributed by atoms with Crippen molar-refractivity contribution in [2.75, 3.05) is 11.9 Å². The van der Waals surface area contributed by atoms with Gasteiger partial charge in [-0.15, -0.1) is 0 Å². The van der Waals surface area contributed by atoms with Gasteiger partial charge in [-0.25, -0.2) is 4.98 Å². The highest BCUT2D eigenvalue weighted by atomic mass is 79.9. The van der Waals surface area contributed by atoms with Crippen LogP contribution in [0.2, 0.25) is 0 Å². The maximum Gasteiger partial charge on any atom is 0.419 e. The predicted octanol–water partition coefficient (Wildman–Crippen LogP) is 3.01. The molecule has 100 valence electrons. The van der Waals surface area contributed by atoms with Crippen molar-refractivity contribution >= 4 is 21.7 Å². The molecule has 1 aromatic heterocycles. The van der Waals surface area contributed by atoms with Gasteiger partial charge in [0.1, 0.15) is 5.82 Å². The summed E-state index contributed by atoms with van der Waals surface area (Å²) >= 11 is 2.99. The fourth-order valence-corrected chi connectivity index (χ4v) is 2.32. The Kier molecular flexibility index (Phi) is 3.82. The zero-order valence-corrected chi connectivity index (χ0v) is 11.1. The van der Waals surface area contributed by atoms with E-state index >= 15 is 0 Å². The van der Waals surface area contributed by atoms with E-state index in [1.54, 1.807) is 0 Å². The van der Waals surface area contributed by atoms with Gasteiger partial charge in [-0.2, -0.15) is 13.2 Å². The zero-order chi connectivity index (χ0) is 13.3. The minimum atomic E-state index is -4.41. The van der Waals surface area contributed by atoms with E-state index in [4.69, 9.17) is 5.73 Å². The molecule has 3 nitrogen and oxygen atoms in total. The number of nitrogens with two attached hydrogens (primary N) is 1. The Morgan fingerprint density at radius 3 is 2.67 bits per heavy atom. The van der Waals surface area contributed by atoms with Crippen molar-refractivity contribution < 1.29 is 13.2 Å². The van der Waals surface area contributed by atoms with E-state index in [1.165, 1.54) is 6.20 Å². The molecule has 1 aromatic rings. The molecular weight excluding hydrogens is 311 g/mol. The molecule has 0 bridgehead atoms. The highest BCUT2D eigenvalue weighted by Gasteiger charge is 2.35. The normalized spacial score (nSPS) is 23.6. The van der Waals surface area contributed by atoms with Gasteiger partial charge in [-0.05, 0) is 40.8 Å². The Morgan fingerprint density at radius 1 is 1.44 bits per heavy atom. The number of nitrogens with zero attached hydrogens (tertiary/aromatic N) is 1. The molecule has 0 aliphatic heterocycles. The molecule has 0 atom stereocenters. The largest absolute Gasteiger partial charge is 0.419 e. The van der Waals surface area contributed by atoms with Crippen molar-refractivity contribution in [1.82, 2.24) is 4.98 Å². The first-order valence-electron chi connectivity index (χ1n) is 5.58. The quantitative estimate of drug-likeness (QED) is 0.899. The minimum absolute atomic E-state index is 0.119. The molecule has 0 saturated heterocycles. The van der Waals surface area contributed by atoms with E-state index in [0.29, 0.717) is 16.9 Å². The lowest BCUT2D eigenvalue weighted by atomic mass is 9.81. The Morgan fingerprint density at radius 2 is 2.11 bits per heavy atom. The van der Waals surface area contributed by atoms with E-state index in [0.717, 1.165) is 18.9 Å². The number of rotatable bonds is 3. The molecular formula is C11H13BrF3N3. The summed E-state index contributed by atoms with van der Waals surface area (Å²) in [4.78, 5) is 3.78. The third-order valence-electron chi connectivity index (χ3n) is 2.99. The Bertz CT molecular complexity index is 430. The molecule has 18 heavy (non-hydrogen) atoms. The maximum atomic E-state index is 12.8. The Hall–Kier alpha value is -0.820. The Labute approximate surface area is 111 Å². The lowest BCUT2D eigenvalue weighted by Gasteiger charge is -2.32. The Balaban J connectivity index is 2.07. The minimum Gasteiger partial charge on any atom is -0.369 e. The van der Waals surface area contributed by atoms with Gasteiger partial charge in [-0.1, -0.05) is 0 Å². The van der Waals surface area contributed by atoms with E-state index in [1.807, 2.05) is 0 Å². The molecule has 7 heteroatoms. The van der Waals surface area contributed by atoms with Crippen molar-refractivity contribution in [3.63, 3.8) is 0 Å². The number of aromatic nitrogens is 1. The summed E-state index contributed by atoms with van der Waals surface area (Å²) in [6, 6.07) is 1.22. The lowest BCUT2D eigenvalue weighted by Crippen LogP contribution is -2.39. The van der Waals surface area contributed by atoms with Crippen LogP contribution in [0.4, 0.5) is 19.0 Å². The summed E-state index contributed by atoms with van der Waals surface area (Å²) in [5, 5.41) is 2.76. The predicted molar refractivity (Wildman–Crippen MR) is 66.1 cm³/mol. The molecule has 0 amide bonds. The molecule has 0 radical (unpaired) electrons. The summed E-state index contributed by atoms with van der Waals surface area (Å²) < 4.78 is 38.7. The number of nitrogens with one attached hydrogen (secondary N) is 1. The van der Waals surface area contributed by atoms with Crippen LogP contribution in [-0.4, -0.2) is 17.6 Å². The van der Waals surface area contributed by atoms with Crippen LogP contribution in [-0.2, 0) is 6.18 Å². The lowest BCUT2D eigenvalue weighted by molar-refractivity contribution is -0.137. The van der Waals surface area contributed by atoms with Crippen molar-refractivity contribution in [1.29, 1.82) is 0 Å². The zero-order valence-electron chi connectivity index (χ0n) is 9.47. The number of hydrogen-bond acceptors (Lipinski definition) is 3. The standard InChI is InChI=1S/C11H13BrF3N3/c12-7-3-9(11(13,14)15)10(18-5-7)17-4-6-1-8(16)2-6/h3,5-6,8H,1-2,4,16H2,(H,17,18). The van der Waals surface area contributed by atoms with Gasteiger partial charge in [0.2, 0.25) is 0 Å². The fourth-order valence-electron chi connectivity index (χ4n) is 1.99. The van der Waals surface area contributed by atoms with E-state index in [9.17, 15) is 13.2 Å². The van der Waals surface area contributed by atoms with E-state index in [2.05, 4.69) is 26.2 Å². The van der Waals surface area contributed by atoms with Gasteiger partial charge < -0.3 is 11.1 Å². The summed E-state index contributed by atoms with van der Waals surface area (Å²) in [5.74, 6) is 0.220. The molecule has 0 unspecified atom stereocenters. The van der Waals surface area contributed by atoms with Crippen molar-refractivity contribution in [3.05, 3.63) is 22.3 Å². The first-order chi connectivity index (χ1) is 8.36. The molecule has 3 N–H and O–H groups in total. The number of anilines is 1. The molecule has 1 aliphatic rings. The molecule has 1 saturated carbocycles. The van der Waals surface area contributed by atoms with Crippen LogP contribution in [0.25, 0.3) is 0 Å². The van der Waals surface area contributed by atoms with Crippen molar-refractivity contribution in [2.45, 2.75) is 25.1 Å². The second kappa shape index (κ2) is 5.05. The topological polar surface area (TPSA) is 50.9 Å². The number of hydrogen-bond donors (Lipinski definition) is 2. The maximum absolute atomic E-state index is 12.8. The van der Waals surface area contributed by atoms with Crippen molar-refractivity contribution in [3.8, 4) is 0 Å². The summed E-state index contributed by atoms with van der Waals surface area (Å²) in [6.07, 6.45) is -1.35. The van der Waals surface area contributed by atoms with Crippen LogP contribution in [0.3, 0.4) is 0 Å². The number of pyridine rings is 1. The average Bonchev–Trinajstić information content (AvgIpc) is 2.23. The third kappa shape index (κ3) is 3.14. The van der Waals surface area contributed by atoms with Crippen LogP contribution in [0.1, 0.15) is 18.4 Å². The highest BCUT2D eigenvalue weighted by Crippen LogP contribution is 2.35. The number of halogens is 4. The smallest absolute Gasteiger partial charge is 0.369 e. The van der Waals surface area contributed by atoms with Crippen LogP contribution in [0, 0.1) is 5.92 Å². The SMILES string of the molecule is NC1CC(CNc2ncc(Br)cc2C(F)(F)F)C1. The molecule has 1 fully saturated rings. The van der Waals surface area contributed by atoms with Gasteiger partial charge in [0, 0.05) is 23.3 Å². The number of alkyl halides is 3. The van der Waals surface area contributed by atoms with Crippen molar-refractivity contribution in [2.24, 2.45) is 11.7 Å². The molecule has 1 aliphatic carbocycles. The average molecular weight is 324 g/mol. The van der Waals surface area contributed by atoms with Crippen LogP contribution in [0.5, 0.6) is 0 Å². The summed E-state index contributed by atoms with van der Waals surface area (Å²) in [6.45, 7) is 0.478. The van der Waals surface area contributed by atoms with E-state index < -0.39 is 11.7 Å². The summed E-state index contributed by atoms with van der Waals surface area (Å²) in [5.41, 5.74) is 4.88. The molecule has 2 rings (SSSR count). The van der Waals surface area contributed by atoms with Gasteiger partial charge in [-0.3, -0.25) is 0 Å². The molecule has 1 heterocycles. The third-order valence-corrected chi connectivity index (χ3v) is 3.42. The van der Waals surface area contributed by atoms with Gasteiger partial charge >= 0.3 is 6.18 Å². The van der Waals surface area contributed by atoms with Gasteiger partial charge in [0.15, 0.2) is 0 Å². The van der Waals surface area contributed by atoms with Crippen LogP contribution >= 0.6 is 15.9 Å². The second-order valence-electron chi connectivity index (χ2n) is 4.53. The van der Waals surface area contributed by atoms with E-state index in [-0.39, 0.29) is 11.9 Å².